The van der Waals surface area contributed by atoms with Crippen LogP contribution in [0.2, 0.25) is 0 Å². The third-order valence-electron chi connectivity index (χ3n) is 2.72. The molecule has 0 aliphatic carbocycles. The van der Waals surface area contributed by atoms with Gasteiger partial charge in [-0.2, -0.15) is 0 Å². The topological polar surface area (TPSA) is 76.8 Å². The monoisotopic (exact) mass is 234 g/mol. The van der Waals surface area contributed by atoms with E-state index in [2.05, 4.69) is 15.0 Å². The number of nitrogens with one attached hydrogen (secondary N) is 1. The lowest BCUT2D eigenvalue weighted by atomic mass is 10.1. The molecule has 0 aromatic carbocycles. The number of aromatic nitrogens is 3. The maximum atomic E-state index is 6.06. The largest absolute Gasteiger partial charge is 0.385 e. The summed E-state index contributed by atoms with van der Waals surface area (Å²) in [7, 11) is 1.69. The highest BCUT2D eigenvalue weighted by molar-refractivity contribution is 5.70. The maximum Gasteiger partial charge on any atom is 0.177 e. The van der Waals surface area contributed by atoms with Crippen LogP contribution in [0, 0.1) is 6.92 Å². The summed E-state index contributed by atoms with van der Waals surface area (Å²) < 4.78 is 5.00. The van der Waals surface area contributed by atoms with E-state index in [4.69, 9.17) is 10.5 Å². The number of fused-ring (bicyclic) bond motifs is 1. The van der Waals surface area contributed by atoms with Gasteiger partial charge in [0, 0.05) is 19.4 Å². The van der Waals surface area contributed by atoms with E-state index in [1.165, 1.54) is 0 Å². The van der Waals surface area contributed by atoms with Gasteiger partial charge in [0.1, 0.15) is 5.82 Å². The van der Waals surface area contributed by atoms with Crippen LogP contribution in [0.4, 0.5) is 0 Å². The van der Waals surface area contributed by atoms with Gasteiger partial charge in [-0.3, -0.25) is 0 Å². The van der Waals surface area contributed by atoms with Crippen molar-refractivity contribution in [1.82, 2.24) is 15.0 Å². The lowest BCUT2D eigenvalue weighted by molar-refractivity contribution is 0.190. The average Bonchev–Trinajstić information content (AvgIpc) is 2.72. The van der Waals surface area contributed by atoms with Crippen LogP contribution in [0.3, 0.4) is 0 Å². The van der Waals surface area contributed by atoms with Crippen LogP contribution in [0.5, 0.6) is 0 Å². The molecule has 0 spiro atoms. The van der Waals surface area contributed by atoms with Gasteiger partial charge in [-0.25, -0.2) is 9.97 Å². The van der Waals surface area contributed by atoms with E-state index in [0.717, 1.165) is 42.1 Å². The summed E-state index contributed by atoms with van der Waals surface area (Å²) in [5, 5.41) is 0. The summed E-state index contributed by atoms with van der Waals surface area (Å²) in [6.45, 7) is 2.68. The Labute approximate surface area is 100 Å². The van der Waals surface area contributed by atoms with E-state index in [1.54, 1.807) is 7.11 Å². The molecule has 2 aromatic rings. The van der Waals surface area contributed by atoms with Gasteiger partial charge in [0.2, 0.25) is 0 Å². The number of aryl methyl sites for hydroxylation is 1. The third-order valence-corrected chi connectivity index (χ3v) is 2.72. The lowest BCUT2D eigenvalue weighted by Crippen LogP contribution is -2.12. The fourth-order valence-electron chi connectivity index (χ4n) is 1.77. The van der Waals surface area contributed by atoms with Gasteiger partial charge in [0.25, 0.3) is 0 Å². The Bertz CT molecular complexity index is 494. The number of methoxy groups -OCH3 is 1. The summed E-state index contributed by atoms with van der Waals surface area (Å²) in [6, 6.07) is 3.86. The van der Waals surface area contributed by atoms with Crippen molar-refractivity contribution in [1.29, 1.82) is 0 Å². The van der Waals surface area contributed by atoms with Crippen molar-refractivity contribution in [3.63, 3.8) is 0 Å². The predicted octanol–water partition coefficient (Wildman–Crippen LogP) is 1.69. The summed E-state index contributed by atoms with van der Waals surface area (Å²) in [5.74, 6) is 0.800. The minimum absolute atomic E-state index is 0.0837. The maximum absolute atomic E-state index is 6.06. The number of pyridine rings is 1. The molecule has 92 valence electrons. The average molecular weight is 234 g/mol. The first-order valence-corrected chi connectivity index (χ1v) is 5.78. The minimum Gasteiger partial charge on any atom is -0.385 e. The molecule has 17 heavy (non-hydrogen) atoms. The van der Waals surface area contributed by atoms with Crippen molar-refractivity contribution in [2.45, 2.75) is 25.8 Å². The molecule has 5 nitrogen and oxygen atoms in total. The second-order valence-electron chi connectivity index (χ2n) is 4.19. The van der Waals surface area contributed by atoms with E-state index in [0.29, 0.717) is 0 Å². The summed E-state index contributed by atoms with van der Waals surface area (Å²) in [4.78, 5) is 12.0. The molecule has 0 aliphatic heterocycles. The molecular formula is C12H18N4O. The molecule has 0 fully saturated rings. The van der Waals surface area contributed by atoms with Gasteiger partial charge < -0.3 is 15.5 Å². The molecule has 5 heteroatoms. The molecule has 1 atom stereocenters. The van der Waals surface area contributed by atoms with Crippen molar-refractivity contribution < 1.29 is 4.74 Å². The normalized spacial score (nSPS) is 13.1. The molecule has 2 aromatic heterocycles. The Kier molecular flexibility index (Phi) is 3.71. The zero-order valence-electron chi connectivity index (χ0n) is 10.2. The quantitative estimate of drug-likeness (QED) is 0.772. The van der Waals surface area contributed by atoms with E-state index in [9.17, 15) is 0 Å². The third kappa shape index (κ3) is 2.81. The number of hydrogen-bond donors (Lipinski definition) is 2. The van der Waals surface area contributed by atoms with Gasteiger partial charge in [-0.15, -0.1) is 0 Å². The number of rotatable bonds is 5. The lowest BCUT2D eigenvalue weighted by Gasteiger charge is -2.07. The van der Waals surface area contributed by atoms with Gasteiger partial charge in [0.05, 0.1) is 11.6 Å². The first-order chi connectivity index (χ1) is 8.20. The van der Waals surface area contributed by atoms with Crippen LogP contribution in [0.25, 0.3) is 11.2 Å². The summed E-state index contributed by atoms with van der Waals surface area (Å²) >= 11 is 0. The Morgan fingerprint density at radius 3 is 3.00 bits per heavy atom. The molecule has 0 saturated heterocycles. The van der Waals surface area contributed by atoms with Gasteiger partial charge in [-0.05, 0) is 31.9 Å². The molecule has 0 bridgehead atoms. The standard InChI is InChI=1S/C12H18N4O/c1-8-5-6-10-12(14-8)16-11(15-10)9(13)4-3-7-17-2/h5-6,9H,3-4,7,13H2,1-2H3,(H,14,15,16). The highest BCUT2D eigenvalue weighted by atomic mass is 16.5. The van der Waals surface area contributed by atoms with Crippen molar-refractivity contribution in [3.05, 3.63) is 23.7 Å². The van der Waals surface area contributed by atoms with E-state index in [-0.39, 0.29) is 6.04 Å². The number of nitrogens with zero attached hydrogens (tertiary/aromatic N) is 2. The molecule has 2 heterocycles. The minimum atomic E-state index is -0.0837. The fraction of sp³-hybridized carbons (Fsp3) is 0.500. The molecule has 0 radical (unpaired) electrons. The van der Waals surface area contributed by atoms with Gasteiger partial charge in [0.15, 0.2) is 5.65 Å². The van der Waals surface area contributed by atoms with E-state index >= 15 is 0 Å². The number of ether oxygens (including phenoxy) is 1. The Balaban J connectivity index is 2.12. The SMILES string of the molecule is COCCCC(N)c1nc2nc(C)ccc2[nH]1. The Morgan fingerprint density at radius 1 is 1.41 bits per heavy atom. The molecule has 0 saturated carbocycles. The van der Waals surface area contributed by atoms with Crippen molar-refractivity contribution in [3.8, 4) is 0 Å². The Morgan fingerprint density at radius 2 is 2.24 bits per heavy atom. The number of H-pyrrole nitrogens is 1. The second kappa shape index (κ2) is 5.25. The van der Waals surface area contributed by atoms with Crippen LogP contribution in [0.1, 0.15) is 30.4 Å². The van der Waals surface area contributed by atoms with Crippen LogP contribution >= 0.6 is 0 Å². The molecule has 1 unspecified atom stereocenters. The zero-order valence-corrected chi connectivity index (χ0v) is 10.2. The van der Waals surface area contributed by atoms with Crippen LogP contribution < -0.4 is 5.73 Å². The number of hydrogen-bond acceptors (Lipinski definition) is 4. The first-order valence-electron chi connectivity index (χ1n) is 5.78. The van der Waals surface area contributed by atoms with Crippen molar-refractivity contribution in [2.75, 3.05) is 13.7 Å². The number of aromatic amines is 1. The van der Waals surface area contributed by atoms with Crippen molar-refractivity contribution in [2.24, 2.45) is 5.73 Å². The number of imidazole rings is 1. The van der Waals surface area contributed by atoms with Gasteiger partial charge >= 0.3 is 0 Å². The number of nitrogens with two attached hydrogens (primary N) is 1. The second-order valence-corrected chi connectivity index (χ2v) is 4.19. The highest BCUT2D eigenvalue weighted by Crippen LogP contribution is 2.16. The Hall–Kier alpha value is -1.46. The summed E-state index contributed by atoms with van der Waals surface area (Å²) in [6.07, 6.45) is 1.79. The molecule has 2 rings (SSSR count). The zero-order chi connectivity index (χ0) is 12.3. The first kappa shape index (κ1) is 12.0. The van der Waals surface area contributed by atoms with Gasteiger partial charge in [-0.1, -0.05) is 0 Å². The molecule has 3 N–H and O–H groups in total. The van der Waals surface area contributed by atoms with E-state index in [1.807, 2.05) is 19.1 Å². The van der Waals surface area contributed by atoms with E-state index < -0.39 is 0 Å². The highest BCUT2D eigenvalue weighted by Gasteiger charge is 2.11. The predicted molar refractivity (Wildman–Crippen MR) is 66.7 cm³/mol. The summed E-state index contributed by atoms with van der Waals surface area (Å²) in [5.41, 5.74) is 8.70. The molecule has 0 amide bonds. The van der Waals surface area contributed by atoms with Crippen LogP contribution in [-0.4, -0.2) is 28.7 Å². The van der Waals surface area contributed by atoms with Crippen LogP contribution in [-0.2, 0) is 4.74 Å². The molecule has 0 aliphatic rings. The smallest absolute Gasteiger partial charge is 0.177 e. The molecular weight excluding hydrogens is 216 g/mol. The van der Waals surface area contributed by atoms with Crippen LogP contribution in [0.15, 0.2) is 12.1 Å². The van der Waals surface area contributed by atoms with Crippen molar-refractivity contribution >= 4 is 11.2 Å². The fourth-order valence-corrected chi connectivity index (χ4v) is 1.77.